The van der Waals surface area contributed by atoms with E-state index in [2.05, 4.69) is 10.1 Å². The predicted octanol–water partition coefficient (Wildman–Crippen LogP) is 2.65. The molecule has 1 aliphatic rings. The Bertz CT molecular complexity index is 1010. The molecule has 0 saturated carbocycles. The summed E-state index contributed by atoms with van der Waals surface area (Å²) in [5.74, 6) is 0.937. The molecule has 0 saturated heterocycles. The summed E-state index contributed by atoms with van der Waals surface area (Å²) in [7, 11) is 0. The number of fused-ring (bicyclic) bond motifs is 1. The first-order chi connectivity index (χ1) is 12.6. The number of nitrogens with zero attached hydrogens (tertiary/aromatic N) is 4. The normalized spacial score (nSPS) is 12.6. The zero-order chi connectivity index (χ0) is 18.1. The van der Waals surface area contributed by atoms with Crippen LogP contribution in [0.15, 0.2) is 53.8 Å². The van der Waals surface area contributed by atoms with Crippen LogP contribution >= 0.6 is 0 Å². The van der Waals surface area contributed by atoms with Gasteiger partial charge in [-0.2, -0.15) is 5.10 Å². The highest BCUT2D eigenvalue weighted by atomic mass is 16.7. The third-order valence-corrected chi connectivity index (χ3v) is 3.82. The summed E-state index contributed by atoms with van der Waals surface area (Å²) in [6, 6.07) is 12.3. The average Bonchev–Trinajstić information content (AvgIpc) is 3.25. The first-order valence-electron chi connectivity index (χ1n) is 7.64. The van der Waals surface area contributed by atoms with Crippen molar-refractivity contribution in [3.8, 4) is 22.8 Å². The third kappa shape index (κ3) is 2.81. The Kier molecular flexibility index (Phi) is 3.73. The fourth-order valence-electron chi connectivity index (χ4n) is 2.56. The molecule has 0 unspecified atom stereocenters. The summed E-state index contributed by atoms with van der Waals surface area (Å²) in [5, 5.41) is 15.5. The van der Waals surface area contributed by atoms with Crippen LogP contribution in [0.4, 0.5) is 11.6 Å². The van der Waals surface area contributed by atoms with Crippen molar-refractivity contribution < 1.29 is 14.4 Å². The molecule has 0 bridgehead atoms. The van der Waals surface area contributed by atoms with E-state index in [9.17, 15) is 10.1 Å². The molecule has 0 fully saturated rings. The van der Waals surface area contributed by atoms with Crippen LogP contribution in [0.2, 0.25) is 0 Å². The molecule has 2 N–H and O–H groups in total. The van der Waals surface area contributed by atoms with Crippen molar-refractivity contribution in [3.63, 3.8) is 0 Å². The molecule has 0 radical (unpaired) electrons. The third-order valence-electron chi connectivity index (χ3n) is 3.82. The molecule has 0 spiro atoms. The molecule has 0 amide bonds. The number of aromatic nitrogens is 2. The Morgan fingerprint density at radius 3 is 2.69 bits per heavy atom. The molecule has 1 aromatic heterocycles. The maximum atomic E-state index is 11.3. The number of hydrogen-bond donors (Lipinski definition) is 1. The molecular formula is C17H13N5O4. The van der Waals surface area contributed by atoms with E-state index in [1.807, 2.05) is 30.3 Å². The number of hydrogen-bond acceptors (Lipinski definition) is 7. The number of nitro benzene ring substituents is 1. The monoisotopic (exact) mass is 351 g/mol. The van der Waals surface area contributed by atoms with Gasteiger partial charge in [-0.3, -0.25) is 10.1 Å². The van der Waals surface area contributed by atoms with Gasteiger partial charge in [-0.15, -0.1) is 0 Å². The second-order valence-electron chi connectivity index (χ2n) is 5.46. The van der Waals surface area contributed by atoms with Crippen LogP contribution in [0.1, 0.15) is 5.56 Å². The summed E-state index contributed by atoms with van der Waals surface area (Å²) in [6.45, 7) is 0.0298. The Hall–Kier alpha value is -3.88. The predicted molar refractivity (Wildman–Crippen MR) is 94.3 cm³/mol. The molecule has 2 aromatic carbocycles. The van der Waals surface area contributed by atoms with E-state index in [4.69, 9.17) is 15.2 Å². The Morgan fingerprint density at radius 1 is 1.23 bits per heavy atom. The van der Waals surface area contributed by atoms with E-state index >= 15 is 0 Å². The van der Waals surface area contributed by atoms with Crippen LogP contribution in [0.25, 0.3) is 11.3 Å². The zero-order valence-electron chi connectivity index (χ0n) is 13.4. The van der Waals surface area contributed by atoms with E-state index in [1.54, 1.807) is 6.20 Å². The lowest BCUT2D eigenvalue weighted by Crippen LogP contribution is -1.99. The van der Waals surface area contributed by atoms with Crippen LogP contribution < -0.4 is 15.2 Å². The first-order valence-corrected chi connectivity index (χ1v) is 7.64. The summed E-state index contributed by atoms with van der Waals surface area (Å²) in [4.78, 5) is 15.0. The number of nitrogens with two attached hydrogens (primary N) is 1. The Labute approximate surface area is 147 Å². The van der Waals surface area contributed by atoms with Gasteiger partial charge in [0.2, 0.25) is 12.7 Å². The lowest BCUT2D eigenvalue weighted by molar-refractivity contribution is -0.385. The van der Waals surface area contributed by atoms with Gasteiger partial charge in [0.15, 0.2) is 11.5 Å². The van der Waals surface area contributed by atoms with Crippen LogP contribution in [-0.4, -0.2) is 27.6 Å². The lowest BCUT2D eigenvalue weighted by Gasteiger charge is -2.01. The van der Waals surface area contributed by atoms with E-state index in [-0.39, 0.29) is 24.0 Å². The van der Waals surface area contributed by atoms with E-state index in [1.165, 1.54) is 23.0 Å². The highest BCUT2D eigenvalue weighted by molar-refractivity contribution is 5.87. The van der Waals surface area contributed by atoms with Crippen molar-refractivity contribution in [1.29, 1.82) is 0 Å². The van der Waals surface area contributed by atoms with Crippen molar-refractivity contribution in [3.05, 3.63) is 64.3 Å². The van der Waals surface area contributed by atoms with E-state index in [0.29, 0.717) is 17.2 Å². The molecule has 0 atom stereocenters. The molecule has 3 aromatic rings. The molecule has 9 nitrogen and oxygen atoms in total. The minimum Gasteiger partial charge on any atom is -0.454 e. The van der Waals surface area contributed by atoms with E-state index < -0.39 is 4.92 Å². The van der Waals surface area contributed by atoms with Crippen LogP contribution in [0.3, 0.4) is 0 Å². The number of nitrogen functional groups attached to an aromatic ring is 1. The van der Waals surface area contributed by atoms with Crippen molar-refractivity contribution in [2.24, 2.45) is 5.10 Å². The fraction of sp³-hybridized carbons (Fsp3) is 0.0588. The van der Waals surface area contributed by atoms with Crippen LogP contribution in [0, 0.1) is 10.1 Å². The smallest absolute Gasteiger partial charge is 0.282 e. The SMILES string of the molecule is Nc1nc(-c2ccccc2)cn1/N=C/c1cc2c(cc1[N+](=O)[O-])OCO2. The van der Waals surface area contributed by atoms with E-state index in [0.717, 1.165) is 5.56 Å². The minimum absolute atomic E-state index is 0.0298. The number of anilines is 1. The van der Waals surface area contributed by atoms with Gasteiger partial charge >= 0.3 is 0 Å². The van der Waals surface area contributed by atoms with Crippen molar-refractivity contribution >= 4 is 17.9 Å². The molecule has 9 heteroatoms. The maximum Gasteiger partial charge on any atom is 0.282 e. The molecule has 0 aliphatic carbocycles. The fourth-order valence-corrected chi connectivity index (χ4v) is 2.56. The topological polar surface area (TPSA) is 118 Å². The molecule has 130 valence electrons. The Morgan fingerprint density at radius 2 is 1.96 bits per heavy atom. The van der Waals surface area contributed by atoms with Crippen molar-refractivity contribution in [1.82, 2.24) is 9.66 Å². The second kappa shape index (κ2) is 6.20. The largest absolute Gasteiger partial charge is 0.454 e. The zero-order valence-corrected chi connectivity index (χ0v) is 13.4. The van der Waals surface area contributed by atoms with Crippen LogP contribution in [0.5, 0.6) is 11.5 Å². The van der Waals surface area contributed by atoms with Gasteiger partial charge in [0.05, 0.1) is 34.7 Å². The van der Waals surface area contributed by atoms with Gasteiger partial charge in [0.25, 0.3) is 5.69 Å². The van der Waals surface area contributed by atoms with Gasteiger partial charge in [-0.05, 0) is 6.07 Å². The second-order valence-corrected chi connectivity index (χ2v) is 5.46. The lowest BCUT2D eigenvalue weighted by atomic mass is 10.1. The highest BCUT2D eigenvalue weighted by Crippen LogP contribution is 2.37. The van der Waals surface area contributed by atoms with Gasteiger partial charge in [0, 0.05) is 5.56 Å². The number of ether oxygens (including phenoxy) is 2. The van der Waals surface area contributed by atoms with Gasteiger partial charge in [0.1, 0.15) is 0 Å². The minimum atomic E-state index is -0.504. The summed E-state index contributed by atoms with van der Waals surface area (Å²) in [5.41, 5.74) is 7.57. The van der Waals surface area contributed by atoms with Gasteiger partial charge in [-0.25, -0.2) is 9.66 Å². The molecule has 26 heavy (non-hydrogen) atoms. The number of benzene rings is 2. The number of nitro groups is 1. The standard InChI is InChI=1S/C17H13N5O4/c18-17-20-13(11-4-2-1-3-5-11)9-21(17)19-8-12-6-15-16(26-10-25-15)7-14(12)22(23)24/h1-9H,10H2,(H2,18,20)/b19-8+. The van der Waals surface area contributed by atoms with Crippen molar-refractivity contribution in [2.45, 2.75) is 0 Å². The summed E-state index contributed by atoms with van der Waals surface area (Å²) >= 11 is 0. The first kappa shape index (κ1) is 15.6. The van der Waals surface area contributed by atoms with Gasteiger partial charge in [-0.1, -0.05) is 30.3 Å². The average molecular weight is 351 g/mol. The van der Waals surface area contributed by atoms with Crippen LogP contribution in [-0.2, 0) is 0 Å². The quantitative estimate of drug-likeness (QED) is 0.438. The maximum absolute atomic E-state index is 11.3. The summed E-state index contributed by atoms with van der Waals surface area (Å²) in [6.07, 6.45) is 2.99. The molecule has 4 rings (SSSR count). The van der Waals surface area contributed by atoms with Crippen molar-refractivity contribution in [2.75, 3.05) is 12.5 Å². The Balaban J connectivity index is 1.69. The molecular weight excluding hydrogens is 338 g/mol. The number of imidazole rings is 1. The molecule has 1 aliphatic heterocycles. The molecule has 2 heterocycles. The number of rotatable bonds is 4. The highest BCUT2D eigenvalue weighted by Gasteiger charge is 2.22. The van der Waals surface area contributed by atoms with Gasteiger partial charge < -0.3 is 15.2 Å². The summed E-state index contributed by atoms with van der Waals surface area (Å²) < 4.78 is 11.8.